The molecule has 1 amide bonds. The van der Waals surface area contributed by atoms with Crippen molar-refractivity contribution in [3.63, 3.8) is 0 Å². The first kappa shape index (κ1) is 15.1. The Morgan fingerprint density at radius 2 is 2.04 bits per heavy atom. The van der Waals surface area contributed by atoms with Crippen molar-refractivity contribution in [2.45, 2.75) is 24.8 Å². The lowest BCUT2D eigenvalue weighted by molar-refractivity contribution is -0.121. The molecule has 1 fully saturated rings. The van der Waals surface area contributed by atoms with Crippen molar-refractivity contribution in [2.75, 3.05) is 6.54 Å². The summed E-state index contributed by atoms with van der Waals surface area (Å²) < 4.78 is 1.96. The summed E-state index contributed by atoms with van der Waals surface area (Å²) in [4.78, 5) is 28.8. The number of benzene rings is 1. The van der Waals surface area contributed by atoms with Gasteiger partial charge >= 0.3 is 0 Å². The quantitative estimate of drug-likeness (QED) is 0.776. The van der Waals surface area contributed by atoms with Crippen LogP contribution in [-0.4, -0.2) is 22.0 Å². The molecule has 4 rings (SSSR count). The highest BCUT2D eigenvalue weighted by atomic mass is 32.1. The van der Waals surface area contributed by atoms with Gasteiger partial charge in [0.25, 0.3) is 5.56 Å². The van der Waals surface area contributed by atoms with Crippen LogP contribution < -0.4 is 10.9 Å². The molecule has 2 aromatic heterocycles. The molecule has 2 heterocycles. The monoisotopic (exact) mass is 339 g/mol. The molecule has 1 aliphatic carbocycles. The zero-order chi connectivity index (χ0) is 16.6. The van der Waals surface area contributed by atoms with Gasteiger partial charge in [0.05, 0.1) is 11.8 Å². The number of nitrogens with zero attached hydrogens (tertiary/aromatic N) is 2. The van der Waals surface area contributed by atoms with E-state index < -0.39 is 0 Å². The molecule has 0 saturated heterocycles. The first-order valence-electron chi connectivity index (χ1n) is 7.93. The first-order valence-corrected chi connectivity index (χ1v) is 8.81. The summed E-state index contributed by atoms with van der Waals surface area (Å²) in [5, 5.41) is 4.81. The molecule has 0 unspecified atom stereocenters. The summed E-state index contributed by atoms with van der Waals surface area (Å²) in [7, 11) is 0. The van der Waals surface area contributed by atoms with E-state index >= 15 is 0 Å². The van der Waals surface area contributed by atoms with Crippen LogP contribution in [0.3, 0.4) is 0 Å². The lowest BCUT2D eigenvalue weighted by Crippen LogP contribution is -2.36. The summed E-state index contributed by atoms with van der Waals surface area (Å²) in [6.45, 7) is 0.615. The van der Waals surface area contributed by atoms with Gasteiger partial charge in [0, 0.05) is 12.0 Å². The molecule has 1 aliphatic rings. The number of carbonyl (C=O) groups is 1. The molecule has 0 radical (unpaired) electrons. The Hall–Kier alpha value is -2.47. The molecule has 1 N–H and O–H groups in total. The third kappa shape index (κ3) is 2.73. The summed E-state index contributed by atoms with van der Waals surface area (Å²) in [6.07, 6.45) is 3.61. The van der Waals surface area contributed by atoms with Crippen LogP contribution >= 0.6 is 11.3 Å². The fourth-order valence-corrected chi connectivity index (χ4v) is 3.77. The number of carbonyl (C=O) groups excluding carboxylic acids is 1. The topological polar surface area (TPSA) is 64.0 Å². The van der Waals surface area contributed by atoms with Crippen LogP contribution in [0.25, 0.3) is 10.2 Å². The van der Waals surface area contributed by atoms with Crippen molar-refractivity contribution in [2.24, 2.45) is 0 Å². The summed E-state index contributed by atoms with van der Waals surface area (Å²) in [5.41, 5.74) is 1.86. The zero-order valence-electron chi connectivity index (χ0n) is 13.1. The van der Waals surface area contributed by atoms with Crippen LogP contribution in [0.15, 0.2) is 52.9 Å². The van der Waals surface area contributed by atoms with E-state index in [1.165, 1.54) is 27.8 Å². The summed E-state index contributed by atoms with van der Waals surface area (Å²) in [5.74, 6) is -0.156. The van der Waals surface area contributed by atoms with Gasteiger partial charge in [-0.25, -0.2) is 4.98 Å². The number of amides is 1. The van der Waals surface area contributed by atoms with E-state index in [4.69, 9.17) is 0 Å². The molecule has 0 bridgehead atoms. The van der Waals surface area contributed by atoms with E-state index in [2.05, 4.69) is 22.4 Å². The van der Waals surface area contributed by atoms with Crippen LogP contribution in [0, 0.1) is 0 Å². The minimum atomic E-state index is -0.158. The summed E-state index contributed by atoms with van der Waals surface area (Å²) in [6, 6.07) is 12.1. The van der Waals surface area contributed by atoms with Gasteiger partial charge in [-0.05, 0) is 29.9 Å². The standard InChI is InChI=1S/C18H17N3O2S/c22-15(10-21-12-20-14-6-9-24-16(14)17(21)23)19-11-18(7-8-18)13-4-2-1-3-5-13/h1-6,9,12H,7-8,10-11H2,(H,19,22). The van der Waals surface area contributed by atoms with E-state index in [1.807, 2.05) is 29.6 Å². The van der Waals surface area contributed by atoms with Gasteiger partial charge in [-0.1, -0.05) is 30.3 Å². The maximum atomic E-state index is 12.3. The van der Waals surface area contributed by atoms with Crippen LogP contribution in [0.4, 0.5) is 0 Å². The molecule has 122 valence electrons. The zero-order valence-corrected chi connectivity index (χ0v) is 13.9. The number of nitrogens with one attached hydrogen (secondary N) is 1. The second-order valence-corrected chi connectivity index (χ2v) is 7.15. The molecule has 3 aromatic rings. The molecule has 1 saturated carbocycles. The average Bonchev–Trinajstić information content (AvgIpc) is 3.25. The molecule has 0 spiro atoms. The van der Waals surface area contributed by atoms with Gasteiger partial charge in [0.1, 0.15) is 11.2 Å². The minimum absolute atomic E-state index is 0.00451. The Balaban J connectivity index is 1.43. The fourth-order valence-electron chi connectivity index (χ4n) is 2.98. The first-order chi connectivity index (χ1) is 11.7. The van der Waals surface area contributed by atoms with Gasteiger partial charge < -0.3 is 5.32 Å². The van der Waals surface area contributed by atoms with Gasteiger partial charge in [0.15, 0.2) is 0 Å². The maximum absolute atomic E-state index is 12.3. The van der Waals surface area contributed by atoms with Gasteiger partial charge in [0.2, 0.25) is 5.91 Å². The number of thiophene rings is 1. The fraction of sp³-hybridized carbons (Fsp3) is 0.278. The van der Waals surface area contributed by atoms with Crippen LogP contribution in [0.2, 0.25) is 0 Å². The summed E-state index contributed by atoms with van der Waals surface area (Å²) >= 11 is 1.35. The predicted octanol–water partition coefficient (Wildman–Crippen LogP) is 2.31. The van der Waals surface area contributed by atoms with E-state index in [0.717, 1.165) is 12.8 Å². The number of hydrogen-bond acceptors (Lipinski definition) is 4. The SMILES string of the molecule is O=C(Cn1cnc2ccsc2c1=O)NCC1(c2ccccc2)CC1. The van der Waals surface area contributed by atoms with Crippen molar-refractivity contribution in [1.82, 2.24) is 14.9 Å². The maximum Gasteiger partial charge on any atom is 0.271 e. The highest BCUT2D eigenvalue weighted by Crippen LogP contribution is 2.47. The Kier molecular flexibility index (Phi) is 3.69. The number of fused-ring (bicyclic) bond motifs is 1. The predicted molar refractivity (Wildman–Crippen MR) is 94.2 cm³/mol. The largest absolute Gasteiger partial charge is 0.354 e. The molecule has 1 aromatic carbocycles. The van der Waals surface area contributed by atoms with Crippen molar-refractivity contribution in [3.8, 4) is 0 Å². The van der Waals surface area contributed by atoms with Gasteiger partial charge in [-0.3, -0.25) is 14.2 Å². The van der Waals surface area contributed by atoms with Crippen LogP contribution in [0.5, 0.6) is 0 Å². The van der Waals surface area contributed by atoms with Crippen molar-refractivity contribution in [1.29, 1.82) is 0 Å². The van der Waals surface area contributed by atoms with E-state index in [-0.39, 0.29) is 23.4 Å². The number of aromatic nitrogens is 2. The molecule has 0 atom stereocenters. The van der Waals surface area contributed by atoms with Crippen molar-refractivity contribution < 1.29 is 4.79 Å². The lowest BCUT2D eigenvalue weighted by Gasteiger charge is -2.16. The van der Waals surface area contributed by atoms with Gasteiger partial charge in [-0.2, -0.15) is 0 Å². The van der Waals surface area contributed by atoms with E-state index in [0.29, 0.717) is 16.8 Å². The average molecular weight is 339 g/mol. The molecule has 6 heteroatoms. The van der Waals surface area contributed by atoms with Crippen molar-refractivity contribution >= 4 is 27.5 Å². The van der Waals surface area contributed by atoms with E-state index in [9.17, 15) is 9.59 Å². The molecular formula is C18H17N3O2S. The smallest absolute Gasteiger partial charge is 0.271 e. The van der Waals surface area contributed by atoms with Crippen LogP contribution in [-0.2, 0) is 16.8 Å². The Bertz CT molecular complexity index is 942. The van der Waals surface area contributed by atoms with Gasteiger partial charge in [-0.15, -0.1) is 11.3 Å². The van der Waals surface area contributed by atoms with Crippen LogP contribution in [0.1, 0.15) is 18.4 Å². The Morgan fingerprint density at radius 3 is 2.79 bits per heavy atom. The highest BCUT2D eigenvalue weighted by Gasteiger charge is 2.44. The third-order valence-corrected chi connectivity index (χ3v) is 5.50. The molecular weight excluding hydrogens is 322 g/mol. The molecule has 5 nitrogen and oxygen atoms in total. The minimum Gasteiger partial charge on any atom is -0.354 e. The molecule has 24 heavy (non-hydrogen) atoms. The number of rotatable bonds is 5. The number of hydrogen-bond donors (Lipinski definition) is 1. The van der Waals surface area contributed by atoms with E-state index in [1.54, 1.807) is 0 Å². The molecule has 0 aliphatic heterocycles. The Morgan fingerprint density at radius 1 is 1.25 bits per heavy atom. The second kappa shape index (κ2) is 5.87. The highest BCUT2D eigenvalue weighted by molar-refractivity contribution is 7.17. The second-order valence-electron chi connectivity index (χ2n) is 6.24. The Labute approximate surface area is 143 Å². The van der Waals surface area contributed by atoms with Crippen molar-refractivity contribution in [3.05, 3.63) is 64.0 Å². The third-order valence-electron chi connectivity index (χ3n) is 4.61. The lowest BCUT2D eigenvalue weighted by atomic mass is 9.96. The normalized spacial score (nSPS) is 15.3.